The van der Waals surface area contributed by atoms with E-state index in [4.69, 9.17) is 16.7 Å². The van der Waals surface area contributed by atoms with Gasteiger partial charge in [0.05, 0.1) is 5.56 Å². The van der Waals surface area contributed by atoms with Gasteiger partial charge in [-0.15, -0.1) is 0 Å². The van der Waals surface area contributed by atoms with E-state index in [9.17, 15) is 9.59 Å². The lowest BCUT2D eigenvalue weighted by atomic mass is 10.1. The molecule has 4 nitrogen and oxygen atoms in total. The highest BCUT2D eigenvalue weighted by molar-refractivity contribution is 6.30. The van der Waals surface area contributed by atoms with Crippen LogP contribution >= 0.6 is 11.6 Å². The van der Waals surface area contributed by atoms with Gasteiger partial charge in [0, 0.05) is 16.8 Å². The molecule has 22 heavy (non-hydrogen) atoms. The first-order valence-electron chi connectivity index (χ1n) is 6.54. The van der Waals surface area contributed by atoms with E-state index in [1.165, 1.54) is 18.2 Å². The first kappa shape index (κ1) is 15.8. The van der Waals surface area contributed by atoms with Crippen molar-refractivity contribution in [3.05, 3.63) is 70.3 Å². The molecule has 2 aromatic carbocycles. The summed E-state index contributed by atoms with van der Waals surface area (Å²) in [5.41, 5.74) is 2.24. The third kappa shape index (κ3) is 4.20. The molecule has 0 fully saturated rings. The van der Waals surface area contributed by atoms with Gasteiger partial charge in [-0.3, -0.25) is 4.79 Å². The van der Waals surface area contributed by atoms with E-state index in [0.29, 0.717) is 10.7 Å². The number of nitrogens with one attached hydrogen (secondary N) is 1. The molecule has 0 spiro atoms. The smallest absolute Gasteiger partial charge is 0.335 e. The van der Waals surface area contributed by atoms with Crippen molar-refractivity contribution in [2.75, 3.05) is 5.32 Å². The Balaban J connectivity index is 2.10. The molecule has 2 aromatic rings. The number of rotatable bonds is 4. The summed E-state index contributed by atoms with van der Waals surface area (Å²) < 4.78 is 0. The molecule has 0 unspecified atom stereocenters. The molecule has 0 bridgehead atoms. The SMILES string of the molecule is Cc1ccc(C(=O)O)cc1NC(=O)/C=C/c1ccc(Cl)cc1. The Hall–Kier alpha value is -2.59. The van der Waals surface area contributed by atoms with E-state index in [0.717, 1.165) is 11.1 Å². The average Bonchev–Trinajstić information content (AvgIpc) is 2.48. The number of benzene rings is 2. The number of amides is 1. The number of hydrogen-bond acceptors (Lipinski definition) is 2. The van der Waals surface area contributed by atoms with Crippen LogP contribution in [0.5, 0.6) is 0 Å². The summed E-state index contributed by atoms with van der Waals surface area (Å²) in [6.07, 6.45) is 3.04. The standard InChI is InChI=1S/C17H14ClNO3/c1-11-2-6-13(17(21)22)10-15(11)19-16(20)9-5-12-3-7-14(18)8-4-12/h2-10H,1H3,(H,19,20)(H,21,22)/b9-5+. The highest BCUT2D eigenvalue weighted by Gasteiger charge is 2.07. The van der Waals surface area contributed by atoms with E-state index in [1.54, 1.807) is 43.3 Å². The highest BCUT2D eigenvalue weighted by Crippen LogP contribution is 2.17. The number of anilines is 1. The van der Waals surface area contributed by atoms with E-state index >= 15 is 0 Å². The molecular formula is C17H14ClNO3. The first-order chi connectivity index (χ1) is 10.5. The summed E-state index contributed by atoms with van der Waals surface area (Å²) in [6.45, 7) is 1.80. The Bertz CT molecular complexity index is 736. The lowest BCUT2D eigenvalue weighted by Crippen LogP contribution is -2.10. The van der Waals surface area contributed by atoms with Crippen molar-refractivity contribution >= 4 is 35.2 Å². The second-order valence-corrected chi connectivity index (χ2v) is 5.15. The molecule has 0 heterocycles. The predicted octanol–water partition coefficient (Wildman–Crippen LogP) is 4.00. The van der Waals surface area contributed by atoms with Gasteiger partial charge < -0.3 is 10.4 Å². The maximum absolute atomic E-state index is 11.9. The first-order valence-corrected chi connectivity index (χ1v) is 6.92. The Morgan fingerprint density at radius 2 is 1.82 bits per heavy atom. The van der Waals surface area contributed by atoms with Gasteiger partial charge in [0.1, 0.15) is 0 Å². The second kappa shape index (κ2) is 6.91. The van der Waals surface area contributed by atoms with Crippen LogP contribution in [-0.2, 0) is 4.79 Å². The maximum Gasteiger partial charge on any atom is 0.335 e. The quantitative estimate of drug-likeness (QED) is 0.838. The molecule has 0 aliphatic carbocycles. The fourth-order valence-corrected chi connectivity index (χ4v) is 1.94. The molecule has 0 aliphatic rings. The zero-order valence-electron chi connectivity index (χ0n) is 11.8. The van der Waals surface area contributed by atoms with E-state index in [2.05, 4.69) is 5.32 Å². The minimum Gasteiger partial charge on any atom is -0.478 e. The van der Waals surface area contributed by atoms with Crippen LogP contribution in [0.1, 0.15) is 21.5 Å². The van der Waals surface area contributed by atoms with Gasteiger partial charge in [-0.25, -0.2) is 4.79 Å². The number of hydrogen-bond donors (Lipinski definition) is 2. The molecule has 0 aromatic heterocycles. The largest absolute Gasteiger partial charge is 0.478 e. The van der Waals surface area contributed by atoms with Crippen molar-refractivity contribution in [3.63, 3.8) is 0 Å². The minimum atomic E-state index is -1.03. The summed E-state index contributed by atoms with van der Waals surface area (Å²) in [4.78, 5) is 22.9. The Labute approximate surface area is 133 Å². The summed E-state index contributed by atoms with van der Waals surface area (Å²) in [7, 11) is 0. The zero-order valence-corrected chi connectivity index (χ0v) is 12.6. The molecule has 0 saturated carbocycles. The van der Waals surface area contributed by atoms with Crippen LogP contribution in [0.4, 0.5) is 5.69 Å². The van der Waals surface area contributed by atoms with Crippen molar-refractivity contribution in [2.45, 2.75) is 6.92 Å². The normalized spacial score (nSPS) is 10.6. The molecule has 0 atom stereocenters. The highest BCUT2D eigenvalue weighted by atomic mass is 35.5. The van der Waals surface area contributed by atoms with Gasteiger partial charge in [-0.2, -0.15) is 0 Å². The minimum absolute atomic E-state index is 0.127. The van der Waals surface area contributed by atoms with Gasteiger partial charge in [0.25, 0.3) is 0 Å². The number of carboxylic acids is 1. The lowest BCUT2D eigenvalue weighted by Gasteiger charge is -2.07. The van der Waals surface area contributed by atoms with Gasteiger partial charge in [-0.05, 0) is 48.4 Å². The number of halogens is 1. The predicted molar refractivity (Wildman–Crippen MR) is 87.3 cm³/mol. The van der Waals surface area contributed by atoms with E-state index in [1.807, 2.05) is 0 Å². The second-order valence-electron chi connectivity index (χ2n) is 4.71. The Morgan fingerprint density at radius 3 is 2.45 bits per heavy atom. The topological polar surface area (TPSA) is 66.4 Å². The molecule has 0 aliphatic heterocycles. The number of aryl methyl sites for hydroxylation is 1. The van der Waals surface area contributed by atoms with Crippen molar-refractivity contribution < 1.29 is 14.7 Å². The Kier molecular flexibility index (Phi) is 4.96. The number of carbonyl (C=O) groups is 2. The molecular weight excluding hydrogens is 302 g/mol. The van der Waals surface area contributed by atoms with E-state index < -0.39 is 5.97 Å². The molecule has 1 amide bonds. The molecule has 0 saturated heterocycles. The fourth-order valence-electron chi connectivity index (χ4n) is 1.81. The number of carbonyl (C=O) groups excluding carboxylic acids is 1. The zero-order chi connectivity index (χ0) is 16.1. The van der Waals surface area contributed by atoms with Crippen molar-refractivity contribution in [1.82, 2.24) is 0 Å². The van der Waals surface area contributed by atoms with Crippen LogP contribution in [0, 0.1) is 6.92 Å². The number of aromatic carboxylic acids is 1. The Morgan fingerprint density at radius 1 is 1.14 bits per heavy atom. The van der Waals surface area contributed by atoms with Crippen molar-refractivity contribution in [3.8, 4) is 0 Å². The van der Waals surface area contributed by atoms with Crippen molar-refractivity contribution in [1.29, 1.82) is 0 Å². The van der Waals surface area contributed by atoms with Crippen LogP contribution in [-0.4, -0.2) is 17.0 Å². The monoisotopic (exact) mass is 315 g/mol. The van der Waals surface area contributed by atoms with Crippen LogP contribution in [0.2, 0.25) is 5.02 Å². The van der Waals surface area contributed by atoms with Crippen LogP contribution in [0.15, 0.2) is 48.5 Å². The van der Waals surface area contributed by atoms with Gasteiger partial charge in [-0.1, -0.05) is 29.8 Å². The summed E-state index contributed by atoms with van der Waals surface area (Å²) in [6, 6.07) is 11.6. The molecule has 112 valence electrons. The van der Waals surface area contributed by atoms with Crippen LogP contribution < -0.4 is 5.32 Å². The van der Waals surface area contributed by atoms with Crippen LogP contribution in [0.25, 0.3) is 6.08 Å². The summed E-state index contributed by atoms with van der Waals surface area (Å²) >= 11 is 5.79. The average molecular weight is 316 g/mol. The molecule has 5 heteroatoms. The van der Waals surface area contributed by atoms with Gasteiger partial charge in [0.2, 0.25) is 5.91 Å². The summed E-state index contributed by atoms with van der Waals surface area (Å²) in [5.74, 6) is -1.37. The lowest BCUT2D eigenvalue weighted by molar-refractivity contribution is -0.111. The fraction of sp³-hybridized carbons (Fsp3) is 0.0588. The van der Waals surface area contributed by atoms with Crippen molar-refractivity contribution in [2.24, 2.45) is 0 Å². The van der Waals surface area contributed by atoms with Gasteiger partial charge >= 0.3 is 5.97 Å². The number of carboxylic acid groups (broad SMARTS) is 1. The third-order valence-corrected chi connectivity index (χ3v) is 3.29. The third-order valence-electron chi connectivity index (χ3n) is 3.04. The van der Waals surface area contributed by atoms with E-state index in [-0.39, 0.29) is 11.5 Å². The summed E-state index contributed by atoms with van der Waals surface area (Å²) in [5, 5.41) is 12.3. The maximum atomic E-state index is 11.9. The molecule has 2 N–H and O–H groups in total. The molecule has 2 rings (SSSR count). The van der Waals surface area contributed by atoms with Gasteiger partial charge in [0.15, 0.2) is 0 Å². The molecule has 0 radical (unpaired) electrons. The van der Waals surface area contributed by atoms with Crippen LogP contribution in [0.3, 0.4) is 0 Å².